The van der Waals surface area contributed by atoms with Gasteiger partial charge in [-0.3, -0.25) is 4.79 Å². The Labute approximate surface area is 150 Å². The number of rotatable bonds is 3. The molecule has 2 aromatic rings. The van der Waals surface area contributed by atoms with Crippen molar-refractivity contribution in [3.63, 3.8) is 0 Å². The largest absolute Gasteiger partial charge is 0.320 e. The number of hydrogen-bond acceptors (Lipinski definition) is 2. The second-order valence-electron chi connectivity index (χ2n) is 4.41. The molecular formula is C16H8BrCl2FN2O. The first-order valence-electron chi connectivity index (χ1n) is 6.24. The number of carbonyl (C=O) groups excluding carboxylic acids is 1. The van der Waals surface area contributed by atoms with Crippen LogP contribution in [0.1, 0.15) is 5.56 Å². The van der Waals surface area contributed by atoms with Gasteiger partial charge in [0, 0.05) is 15.1 Å². The Hall–Kier alpha value is -1.87. The number of halogens is 4. The molecule has 0 heterocycles. The maximum Gasteiger partial charge on any atom is 0.266 e. The Balaban J connectivity index is 2.30. The summed E-state index contributed by atoms with van der Waals surface area (Å²) in [6.07, 6.45) is 1.17. The number of carbonyl (C=O) groups is 1. The molecular weight excluding hydrogens is 406 g/mol. The molecule has 0 radical (unpaired) electrons. The van der Waals surface area contributed by atoms with Gasteiger partial charge in [0.05, 0.1) is 10.7 Å². The van der Waals surface area contributed by atoms with Crippen molar-refractivity contribution in [1.82, 2.24) is 0 Å². The summed E-state index contributed by atoms with van der Waals surface area (Å²) in [7, 11) is 0. The third-order valence-electron chi connectivity index (χ3n) is 2.80. The highest BCUT2D eigenvalue weighted by Crippen LogP contribution is 2.26. The van der Waals surface area contributed by atoms with Crippen LogP contribution < -0.4 is 5.32 Å². The van der Waals surface area contributed by atoms with Crippen LogP contribution in [0.4, 0.5) is 10.1 Å². The SMILES string of the molecule is N#C/C(=C\c1cc(Br)ccc1F)C(=O)Nc1ccc(Cl)cc1Cl. The molecule has 0 aromatic heterocycles. The normalized spacial score (nSPS) is 11.0. The molecule has 2 aromatic carbocycles. The third-order valence-corrected chi connectivity index (χ3v) is 3.84. The van der Waals surface area contributed by atoms with Gasteiger partial charge >= 0.3 is 0 Å². The highest BCUT2D eigenvalue weighted by molar-refractivity contribution is 9.10. The number of benzene rings is 2. The molecule has 0 saturated carbocycles. The van der Waals surface area contributed by atoms with Gasteiger partial charge < -0.3 is 5.32 Å². The summed E-state index contributed by atoms with van der Waals surface area (Å²) in [6, 6.07) is 10.5. The summed E-state index contributed by atoms with van der Waals surface area (Å²) in [4.78, 5) is 12.2. The monoisotopic (exact) mass is 412 g/mol. The molecule has 23 heavy (non-hydrogen) atoms. The molecule has 0 atom stereocenters. The molecule has 0 aliphatic rings. The standard InChI is InChI=1S/C16H8BrCl2FN2O/c17-11-1-3-14(20)9(6-11)5-10(8-21)16(23)22-15-4-2-12(18)7-13(15)19/h1-7H,(H,22,23)/b10-5+. The van der Waals surface area contributed by atoms with Crippen LogP contribution in [-0.4, -0.2) is 5.91 Å². The van der Waals surface area contributed by atoms with Gasteiger partial charge in [-0.2, -0.15) is 5.26 Å². The van der Waals surface area contributed by atoms with Crippen LogP contribution in [0.3, 0.4) is 0 Å². The van der Waals surface area contributed by atoms with Crippen molar-refractivity contribution in [2.75, 3.05) is 5.32 Å². The van der Waals surface area contributed by atoms with Gasteiger partial charge in [0.15, 0.2) is 0 Å². The number of hydrogen-bond donors (Lipinski definition) is 1. The van der Waals surface area contributed by atoms with Crippen LogP contribution in [0.15, 0.2) is 46.4 Å². The lowest BCUT2D eigenvalue weighted by atomic mass is 10.1. The van der Waals surface area contributed by atoms with E-state index in [2.05, 4.69) is 21.2 Å². The van der Waals surface area contributed by atoms with Gasteiger partial charge in [-0.05, 0) is 42.5 Å². The first-order chi connectivity index (χ1) is 10.9. The fourth-order valence-electron chi connectivity index (χ4n) is 1.71. The zero-order valence-electron chi connectivity index (χ0n) is 11.4. The first-order valence-corrected chi connectivity index (χ1v) is 7.79. The fraction of sp³-hybridized carbons (Fsp3) is 0. The average Bonchev–Trinajstić information content (AvgIpc) is 2.50. The van der Waals surface area contributed by atoms with Gasteiger partial charge in [-0.15, -0.1) is 0 Å². The second kappa shape index (κ2) is 7.60. The predicted octanol–water partition coefficient (Wildman–Crippen LogP) is 5.44. The van der Waals surface area contributed by atoms with Crippen molar-refractivity contribution < 1.29 is 9.18 Å². The van der Waals surface area contributed by atoms with E-state index in [4.69, 9.17) is 28.5 Å². The maximum absolute atomic E-state index is 13.7. The van der Waals surface area contributed by atoms with Crippen LogP contribution >= 0.6 is 39.1 Å². The fourth-order valence-corrected chi connectivity index (χ4v) is 2.54. The van der Waals surface area contributed by atoms with E-state index in [1.165, 1.54) is 36.4 Å². The lowest BCUT2D eigenvalue weighted by molar-refractivity contribution is -0.112. The zero-order chi connectivity index (χ0) is 17.0. The van der Waals surface area contributed by atoms with Crippen LogP contribution in [0, 0.1) is 17.1 Å². The first kappa shape index (κ1) is 17.5. The predicted molar refractivity (Wildman–Crippen MR) is 92.8 cm³/mol. The van der Waals surface area contributed by atoms with Crippen LogP contribution in [0.25, 0.3) is 6.08 Å². The Morgan fingerprint density at radius 1 is 1.26 bits per heavy atom. The Morgan fingerprint density at radius 3 is 2.65 bits per heavy atom. The number of nitriles is 1. The molecule has 116 valence electrons. The Kier molecular flexibility index (Phi) is 5.78. The van der Waals surface area contributed by atoms with Crippen molar-refractivity contribution in [3.8, 4) is 6.07 Å². The zero-order valence-corrected chi connectivity index (χ0v) is 14.5. The van der Waals surface area contributed by atoms with E-state index in [0.29, 0.717) is 15.2 Å². The summed E-state index contributed by atoms with van der Waals surface area (Å²) in [6.45, 7) is 0. The molecule has 0 bridgehead atoms. The van der Waals surface area contributed by atoms with E-state index < -0.39 is 11.7 Å². The topological polar surface area (TPSA) is 52.9 Å². The Bertz CT molecular complexity index is 846. The van der Waals surface area contributed by atoms with Crippen molar-refractivity contribution in [2.45, 2.75) is 0 Å². The smallest absolute Gasteiger partial charge is 0.266 e. The number of amides is 1. The average molecular weight is 414 g/mol. The number of nitrogens with one attached hydrogen (secondary N) is 1. The summed E-state index contributed by atoms with van der Waals surface area (Å²) in [5.74, 6) is -1.24. The molecule has 0 fully saturated rings. The van der Waals surface area contributed by atoms with Crippen molar-refractivity contribution in [3.05, 3.63) is 67.9 Å². The van der Waals surface area contributed by atoms with Crippen LogP contribution in [-0.2, 0) is 4.79 Å². The third kappa shape index (κ3) is 4.55. The summed E-state index contributed by atoms with van der Waals surface area (Å²) < 4.78 is 14.4. The van der Waals surface area contributed by atoms with E-state index >= 15 is 0 Å². The van der Waals surface area contributed by atoms with E-state index in [1.54, 1.807) is 12.1 Å². The molecule has 2 rings (SSSR count). The van der Waals surface area contributed by atoms with Gasteiger partial charge in [-0.1, -0.05) is 39.1 Å². The van der Waals surface area contributed by atoms with Crippen molar-refractivity contribution in [2.24, 2.45) is 0 Å². The van der Waals surface area contributed by atoms with E-state index in [0.717, 1.165) is 0 Å². The van der Waals surface area contributed by atoms with E-state index in [9.17, 15) is 9.18 Å². The molecule has 0 aliphatic heterocycles. The van der Waals surface area contributed by atoms with Crippen LogP contribution in [0.2, 0.25) is 10.0 Å². The summed E-state index contributed by atoms with van der Waals surface area (Å²) in [5.41, 5.74) is 0.165. The van der Waals surface area contributed by atoms with Gasteiger partial charge in [0.1, 0.15) is 17.5 Å². The van der Waals surface area contributed by atoms with Gasteiger partial charge in [0.25, 0.3) is 5.91 Å². The van der Waals surface area contributed by atoms with E-state index in [-0.39, 0.29) is 16.2 Å². The summed E-state index contributed by atoms with van der Waals surface area (Å²) >= 11 is 14.9. The molecule has 0 unspecified atom stereocenters. The van der Waals surface area contributed by atoms with E-state index in [1.807, 2.05) is 0 Å². The maximum atomic E-state index is 13.7. The molecule has 0 spiro atoms. The lowest BCUT2D eigenvalue weighted by Gasteiger charge is -2.07. The minimum atomic E-state index is -0.698. The molecule has 1 N–H and O–H groups in total. The van der Waals surface area contributed by atoms with Crippen molar-refractivity contribution >= 4 is 56.8 Å². The van der Waals surface area contributed by atoms with Crippen molar-refractivity contribution in [1.29, 1.82) is 5.26 Å². The molecule has 0 aliphatic carbocycles. The highest BCUT2D eigenvalue weighted by atomic mass is 79.9. The second-order valence-corrected chi connectivity index (χ2v) is 6.17. The highest BCUT2D eigenvalue weighted by Gasteiger charge is 2.13. The molecule has 1 amide bonds. The Morgan fingerprint density at radius 2 is 2.00 bits per heavy atom. The number of anilines is 1. The minimum Gasteiger partial charge on any atom is -0.320 e. The quantitative estimate of drug-likeness (QED) is 0.537. The lowest BCUT2D eigenvalue weighted by Crippen LogP contribution is -2.13. The summed E-state index contributed by atoms with van der Waals surface area (Å²) in [5, 5.41) is 12.3. The van der Waals surface area contributed by atoms with Crippen LogP contribution in [0.5, 0.6) is 0 Å². The van der Waals surface area contributed by atoms with Gasteiger partial charge in [0.2, 0.25) is 0 Å². The van der Waals surface area contributed by atoms with Gasteiger partial charge in [-0.25, -0.2) is 4.39 Å². The minimum absolute atomic E-state index is 0.119. The molecule has 0 saturated heterocycles. The number of nitrogens with zero attached hydrogens (tertiary/aromatic N) is 1. The molecule has 3 nitrogen and oxygen atoms in total. The molecule has 7 heteroatoms.